The molecule has 1 heterocycles. The molecule has 6 heteroatoms. The van der Waals surface area contributed by atoms with Crippen molar-refractivity contribution in [2.45, 2.75) is 20.3 Å². The van der Waals surface area contributed by atoms with E-state index in [1.165, 1.54) is 0 Å². The predicted octanol–water partition coefficient (Wildman–Crippen LogP) is 1.48. The molecule has 0 saturated heterocycles. The molecular formula is C12H20N6. The molecule has 0 unspecified atom stereocenters. The van der Waals surface area contributed by atoms with Crippen LogP contribution in [0.15, 0.2) is 6.07 Å². The molecule has 0 saturated carbocycles. The van der Waals surface area contributed by atoms with Crippen LogP contribution in [0.4, 0.5) is 17.6 Å². The van der Waals surface area contributed by atoms with E-state index in [9.17, 15) is 0 Å². The van der Waals surface area contributed by atoms with Crippen LogP contribution < -0.4 is 16.0 Å². The van der Waals surface area contributed by atoms with Crippen molar-refractivity contribution >= 4 is 17.6 Å². The minimum absolute atomic E-state index is 0.238. The monoisotopic (exact) mass is 248 g/mol. The summed E-state index contributed by atoms with van der Waals surface area (Å²) in [5.74, 6) is 2.17. The first kappa shape index (κ1) is 14.0. The average Bonchev–Trinajstić information content (AvgIpc) is 2.33. The Morgan fingerprint density at radius 1 is 1.50 bits per heavy atom. The Labute approximate surface area is 108 Å². The van der Waals surface area contributed by atoms with Gasteiger partial charge in [0.05, 0.1) is 12.5 Å². The van der Waals surface area contributed by atoms with Gasteiger partial charge in [-0.25, -0.2) is 0 Å². The third-order valence-electron chi connectivity index (χ3n) is 2.39. The standard InChI is InChI=1S/C12H20N6/c1-9(2)8-18(6-4-5-13)11-7-10(15-3)16-12(14)17-11/h7,9H,4,6,8H2,1-3H3,(H3,14,15,16,17). The van der Waals surface area contributed by atoms with Crippen LogP contribution >= 0.6 is 0 Å². The van der Waals surface area contributed by atoms with Crippen LogP contribution in [-0.4, -0.2) is 30.1 Å². The molecule has 0 aliphatic carbocycles. The summed E-state index contributed by atoms with van der Waals surface area (Å²) in [4.78, 5) is 10.4. The van der Waals surface area contributed by atoms with Gasteiger partial charge in [-0.2, -0.15) is 15.2 Å². The van der Waals surface area contributed by atoms with Crippen molar-refractivity contribution in [1.29, 1.82) is 5.26 Å². The summed E-state index contributed by atoms with van der Waals surface area (Å²) in [6, 6.07) is 4.00. The fourth-order valence-corrected chi connectivity index (χ4v) is 1.67. The Hall–Kier alpha value is -2.03. The summed E-state index contributed by atoms with van der Waals surface area (Å²) in [6.07, 6.45) is 0.464. The zero-order chi connectivity index (χ0) is 13.5. The van der Waals surface area contributed by atoms with E-state index in [0.717, 1.165) is 12.4 Å². The van der Waals surface area contributed by atoms with E-state index in [1.54, 1.807) is 7.05 Å². The average molecular weight is 248 g/mol. The van der Waals surface area contributed by atoms with Gasteiger partial charge in [-0.15, -0.1) is 0 Å². The summed E-state index contributed by atoms with van der Waals surface area (Å²) in [5, 5.41) is 11.7. The number of nitrogens with zero attached hydrogens (tertiary/aromatic N) is 4. The van der Waals surface area contributed by atoms with Gasteiger partial charge in [0.2, 0.25) is 5.95 Å². The van der Waals surface area contributed by atoms with Gasteiger partial charge in [0.15, 0.2) is 0 Å². The molecule has 0 aliphatic rings. The lowest BCUT2D eigenvalue weighted by molar-refractivity contribution is 0.607. The van der Waals surface area contributed by atoms with Crippen molar-refractivity contribution < 1.29 is 0 Å². The Balaban J connectivity index is 2.96. The van der Waals surface area contributed by atoms with Crippen molar-refractivity contribution in [1.82, 2.24) is 9.97 Å². The van der Waals surface area contributed by atoms with Gasteiger partial charge in [-0.05, 0) is 5.92 Å². The van der Waals surface area contributed by atoms with E-state index in [0.29, 0.717) is 24.7 Å². The molecule has 1 rings (SSSR count). The van der Waals surface area contributed by atoms with E-state index in [2.05, 4.69) is 40.1 Å². The molecule has 0 atom stereocenters. The molecule has 1 aromatic rings. The van der Waals surface area contributed by atoms with Crippen LogP contribution in [0.3, 0.4) is 0 Å². The normalized spacial score (nSPS) is 10.2. The molecule has 1 aromatic heterocycles. The minimum atomic E-state index is 0.238. The molecule has 0 spiro atoms. The number of anilines is 3. The number of rotatable bonds is 6. The highest BCUT2D eigenvalue weighted by molar-refractivity contribution is 5.52. The van der Waals surface area contributed by atoms with Crippen molar-refractivity contribution in [2.75, 3.05) is 36.1 Å². The highest BCUT2D eigenvalue weighted by atomic mass is 15.2. The summed E-state index contributed by atoms with van der Waals surface area (Å²) in [7, 11) is 1.79. The SMILES string of the molecule is CNc1cc(N(CCC#N)CC(C)C)nc(N)n1. The van der Waals surface area contributed by atoms with Crippen LogP contribution in [-0.2, 0) is 0 Å². The molecule has 3 N–H and O–H groups in total. The number of hydrogen-bond donors (Lipinski definition) is 2. The highest BCUT2D eigenvalue weighted by Gasteiger charge is 2.12. The van der Waals surface area contributed by atoms with Crippen LogP contribution in [0, 0.1) is 17.2 Å². The van der Waals surface area contributed by atoms with Crippen LogP contribution in [0.25, 0.3) is 0 Å². The van der Waals surface area contributed by atoms with Crippen LogP contribution in [0.2, 0.25) is 0 Å². The van der Waals surface area contributed by atoms with Gasteiger partial charge in [0.1, 0.15) is 11.6 Å². The number of hydrogen-bond acceptors (Lipinski definition) is 6. The fraction of sp³-hybridized carbons (Fsp3) is 0.583. The third kappa shape index (κ3) is 4.09. The van der Waals surface area contributed by atoms with Crippen molar-refractivity contribution in [3.63, 3.8) is 0 Å². The van der Waals surface area contributed by atoms with Crippen molar-refractivity contribution in [3.8, 4) is 6.07 Å². The molecule has 6 nitrogen and oxygen atoms in total. The first-order valence-electron chi connectivity index (χ1n) is 6.01. The van der Waals surface area contributed by atoms with Gasteiger partial charge >= 0.3 is 0 Å². The molecule has 98 valence electrons. The first-order valence-corrected chi connectivity index (χ1v) is 6.01. The first-order chi connectivity index (χ1) is 8.56. The number of nitrogen functional groups attached to an aromatic ring is 1. The maximum atomic E-state index is 8.71. The quantitative estimate of drug-likeness (QED) is 0.792. The fourth-order valence-electron chi connectivity index (χ4n) is 1.67. The van der Waals surface area contributed by atoms with Crippen molar-refractivity contribution in [3.05, 3.63) is 6.07 Å². The number of nitrogens with two attached hydrogens (primary N) is 1. The summed E-state index contributed by atoms with van der Waals surface area (Å²) in [5.41, 5.74) is 5.68. The molecule has 18 heavy (non-hydrogen) atoms. The van der Waals surface area contributed by atoms with Crippen LogP contribution in [0.1, 0.15) is 20.3 Å². The maximum Gasteiger partial charge on any atom is 0.223 e. The largest absolute Gasteiger partial charge is 0.373 e. The minimum Gasteiger partial charge on any atom is -0.373 e. The van der Waals surface area contributed by atoms with Gasteiger partial charge < -0.3 is 16.0 Å². The van der Waals surface area contributed by atoms with E-state index < -0.39 is 0 Å². The third-order valence-corrected chi connectivity index (χ3v) is 2.39. The van der Waals surface area contributed by atoms with E-state index in [-0.39, 0.29) is 5.95 Å². The summed E-state index contributed by atoms with van der Waals surface area (Å²) < 4.78 is 0. The highest BCUT2D eigenvalue weighted by Crippen LogP contribution is 2.18. The van der Waals surface area contributed by atoms with Gasteiger partial charge in [0.25, 0.3) is 0 Å². The molecule has 0 bridgehead atoms. The van der Waals surface area contributed by atoms with Crippen molar-refractivity contribution in [2.24, 2.45) is 5.92 Å². The smallest absolute Gasteiger partial charge is 0.223 e. The number of nitriles is 1. The summed E-state index contributed by atoms with van der Waals surface area (Å²) >= 11 is 0. The lowest BCUT2D eigenvalue weighted by Gasteiger charge is -2.25. The Morgan fingerprint density at radius 2 is 2.22 bits per heavy atom. The Bertz CT molecular complexity index is 423. The lowest BCUT2D eigenvalue weighted by atomic mass is 10.2. The van der Waals surface area contributed by atoms with Gasteiger partial charge in [-0.1, -0.05) is 13.8 Å². The van der Waals surface area contributed by atoms with Gasteiger partial charge in [0, 0.05) is 26.2 Å². The summed E-state index contributed by atoms with van der Waals surface area (Å²) in [6.45, 7) is 5.74. The molecule has 0 aromatic carbocycles. The molecule has 0 radical (unpaired) electrons. The molecule has 0 aliphatic heterocycles. The lowest BCUT2D eigenvalue weighted by Crippen LogP contribution is -2.29. The van der Waals surface area contributed by atoms with E-state index >= 15 is 0 Å². The Morgan fingerprint density at radius 3 is 2.78 bits per heavy atom. The number of nitrogens with one attached hydrogen (secondary N) is 1. The van der Waals surface area contributed by atoms with E-state index in [1.807, 2.05) is 6.07 Å². The Kier molecular flexibility index (Phi) is 5.18. The molecular weight excluding hydrogens is 228 g/mol. The molecule has 0 amide bonds. The molecule has 0 fully saturated rings. The van der Waals surface area contributed by atoms with E-state index in [4.69, 9.17) is 11.0 Å². The maximum absolute atomic E-state index is 8.71. The predicted molar refractivity (Wildman–Crippen MR) is 73.3 cm³/mol. The topological polar surface area (TPSA) is 90.9 Å². The second kappa shape index (κ2) is 6.64. The second-order valence-corrected chi connectivity index (χ2v) is 4.47. The zero-order valence-electron chi connectivity index (χ0n) is 11.1. The van der Waals surface area contributed by atoms with Gasteiger partial charge in [-0.3, -0.25) is 0 Å². The van der Waals surface area contributed by atoms with Crippen LogP contribution in [0.5, 0.6) is 0 Å². The second-order valence-electron chi connectivity index (χ2n) is 4.47. The zero-order valence-corrected chi connectivity index (χ0v) is 11.1. The number of aromatic nitrogens is 2.